The molecule has 2 heterocycles. The highest BCUT2D eigenvalue weighted by molar-refractivity contribution is 8.10. The average molecular weight is 328 g/mol. The van der Waals surface area contributed by atoms with Crippen molar-refractivity contribution in [2.75, 3.05) is 0 Å². The lowest BCUT2D eigenvalue weighted by molar-refractivity contribution is 0.0125. The summed E-state index contributed by atoms with van der Waals surface area (Å²) in [6.07, 6.45) is 3.44. The Morgan fingerprint density at radius 3 is 2.78 bits per heavy atom. The maximum absolute atomic E-state index is 6.01. The van der Waals surface area contributed by atoms with E-state index in [1.807, 2.05) is 30.7 Å². The van der Waals surface area contributed by atoms with Gasteiger partial charge in [0.1, 0.15) is 6.17 Å². The van der Waals surface area contributed by atoms with Crippen LogP contribution in [0.1, 0.15) is 23.9 Å². The third kappa shape index (κ3) is 4.16. The molecule has 0 amide bonds. The molecule has 3 rings (SSSR count). The van der Waals surface area contributed by atoms with Crippen molar-refractivity contribution >= 4 is 17.5 Å². The maximum Gasteiger partial charge on any atom is 0.138 e. The van der Waals surface area contributed by atoms with E-state index < -0.39 is 0 Å². The number of aliphatic imine (C=N–C) groups is 1. The minimum atomic E-state index is -0.00915. The molecule has 0 radical (unpaired) electrons. The van der Waals surface area contributed by atoms with Crippen LogP contribution in [0, 0.1) is 6.92 Å². The Kier molecular flexibility index (Phi) is 5.38. The molecular formula is C17H20N4OS. The van der Waals surface area contributed by atoms with Gasteiger partial charge in [-0.1, -0.05) is 30.3 Å². The van der Waals surface area contributed by atoms with E-state index in [0.29, 0.717) is 13.2 Å². The van der Waals surface area contributed by atoms with Crippen molar-refractivity contribution in [3.05, 3.63) is 59.7 Å². The average Bonchev–Trinajstić information content (AvgIpc) is 3.04. The smallest absolute Gasteiger partial charge is 0.138 e. The normalized spacial score (nSPS) is 19.1. The largest absolute Gasteiger partial charge is 0.370 e. The highest BCUT2D eigenvalue weighted by Gasteiger charge is 2.29. The van der Waals surface area contributed by atoms with Gasteiger partial charge in [0, 0.05) is 12.4 Å². The first-order chi connectivity index (χ1) is 11.2. The van der Waals surface area contributed by atoms with Crippen molar-refractivity contribution in [1.29, 1.82) is 0 Å². The fourth-order valence-electron chi connectivity index (χ4n) is 2.40. The summed E-state index contributed by atoms with van der Waals surface area (Å²) in [4.78, 5) is 13.3. The number of ether oxygens (including phenoxy) is 1. The molecule has 0 fully saturated rings. The van der Waals surface area contributed by atoms with E-state index >= 15 is 0 Å². The molecule has 1 aliphatic rings. The van der Waals surface area contributed by atoms with Crippen molar-refractivity contribution in [3.8, 4) is 0 Å². The van der Waals surface area contributed by atoms with Gasteiger partial charge in [0.15, 0.2) is 0 Å². The highest BCUT2D eigenvalue weighted by atomic mass is 32.2. The van der Waals surface area contributed by atoms with Crippen LogP contribution < -0.4 is 0 Å². The first-order valence-corrected chi connectivity index (χ1v) is 8.45. The van der Waals surface area contributed by atoms with Crippen molar-refractivity contribution < 1.29 is 4.74 Å². The highest BCUT2D eigenvalue weighted by Crippen LogP contribution is 2.27. The molecular weight excluding hydrogens is 308 g/mol. The minimum Gasteiger partial charge on any atom is -0.370 e. The molecule has 0 spiro atoms. The zero-order chi connectivity index (χ0) is 16.1. The first-order valence-electron chi connectivity index (χ1n) is 7.61. The van der Waals surface area contributed by atoms with E-state index in [-0.39, 0.29) is 12.3 Å². The number of hydrogen-bond acceptors (Lipinski definition) is 6. The second-order valence-electron chi connectivity index (χ2n) is 5.44. The predicted molar refractivity (Wildman–Crippen MR) is 92.9 cm³/mol. The first kappa shape index (κ1) is 16.1. The van der Waals surface area contributed by atoms with Crippen LogP contribution in [0.4, 0.5) is 0 Å². The fraction of sp³-hybridized carbons (Fsp3) is 0.353. The van der Waals surface area contributed by atoms with Crippen LogP contribution in [0.3, 0.4) is 0 Å². The van der Waals surface area contributed by atoms with Gasteiger partial charge >= 0.3 is 0 Å². The zero-order valence-electron chi connectivity index (χ0n) is 13.3. The summed E-state index contributed by atoms with van der Waals surface area (Å²) in [6, 6.07) is 10.2. The number of aromatic nitrogens is 2. The maximum atomic E-state index is 6.01. The summed E-state index contributed by atoms with van der Waals surface area (Å²) in [5.74, 6) is 0. The Bertz CT molecular complexity index is 665. The molecule has 1 unspecified atom stereocenters. The van der Waals surface area contributed by atoms with E-state index in [1.54, 1.807) is 24.3 Å². The summed E-state index contributed by atoms with van der Waals surface area (Å²) in [5, 5.41) is 0. The van der Waals surface area contributed by atoms with Gasteiger partial charge in [-0.05, 0) is 31.4 Å². The SMILES string of the molecule is Cc1nccnc1CN1SC=N[C@H]1C(C)OCc1ccccc1. The van der Waals surface area contributed by atoms with Crippen LogP contribution >= 0.6 is 11.9 Å². The standard InChI is InChI=1S/C17H20N4OS/c1-13-16(19-9-8-18-13)10-21-17(20-12-23-21)14(2)22-11-15-6-4-3-5-7-15/h3-9,12,14,17H,10-11H2,1-2H3/t14?,17-/m1/s1. The lowest BCUT2D eigenvalue weighted by atomic mass is 10.2. The van der Waals surface area contributed by atoms with Crippen molar-refractivity contribution in [2.45, 2.75) is 39.3 Å². The summed E-state index contributed by atoms with van der Waals surface area (Å²) in [5.41, 5.74) is 4.98. The lowest BCUT2D eigenvalue weighted by Crippen LogP contribution is -2.35. The molecule has 1 aromatic heterocycles. The molecule has 0 bridgehead atoms. The third-order valence-corrected chi connectivity index (χ3v) is 4.59. The molecule has 1 aliphatic heterocycles. The van der Waals surface area contributed by atoms with Gasteiger partial charge in [-0.2, -0.15) is 0 Å². The molecule has 23 heavy (non-hydrogen) atoms. The Hall–Kier alpha value is -1.76. The number of benzene rings is 1. The number of rotatable bonds is 6. The zero-order valence-corrected chi connectivity index (χ0v) is 14.1. The topological polar surface area (TPSA) is 50.6 Å². The predicted octanol–water partition coefficient (Wildman–Crippen LogP) is 3.21. The molecule has 0 aliphatic carbocycles. The van der Waals surface area contributed by atoms with Gasteiger partial charge in [0.2, 0.25) is 0 Å². The molecule has 5 nitrogen and oxygen atoms in total. The molecule has 2 aromatic rings. The molecule has 0 saturated heterocycles. The molecule has 0 N–H and O–H groups in total. The van der Waals surface area contributed by atoms with Crippen molar-refractivity contribution in [3.63, 3.8) is 0 Å². The number of nitrogens with zero attached hydrogens (tertiary/aromatic N) is 4. The van der Waals surface area contributed by atoms with Crippen LogP contribution in [0.15, 0.2) is 47.7 Å². The van der Waals surface area contributed by atoms with Gasteiger partial charge in [0.25, 0.3) is 0 Å². The Labute approximate surface area is 141 Å². The van der Waals surface area contributed by atoms with Gasteiger partial charge in [-0.3, -0.25) is 15.0 Å². The summed E-state index contributed by atoms with van der Waals surface area (Å²) in [6.45, 7) is 5.34. The Balaban J connectivity index is 1.59. The Morgan fingerprint density at radius 1 is 1.22 bits per heavy atom. The van der Waals surface area contributed by atoms with E-state index in [1.165, 1.54) is 5.56 Å². The second-order valence-corrected chi connectivity index (χ2v) is 6.33. The molecule has 120 valence electrons. The molecule has 2 atom stereocenters. The second kappa shape index (κ2) is 7.68. The monoisotopic (exact) mass is 328 g/mol. The van der Waals surface area contributed by atoms with Gasteiger partial charge in [-0.25, -0.2) is 4.31 Å². The summed E-state index contributed by atoms with van der Waals surface area (Å²) >= 11 is 1.60. The van der Waals surface area contributed by atoms with Crippen LogP contribution in [-0.4, -0.2) is 32.1 Å². The van der Waals surface area contributed by atoms with Gasteiger partial charge in [-0.15, -0.1) is 0 Å². The van der Waals surface area contributed by atoms with Crippen LogP contribution in [0.25, 0.3) is 0 Å². The Morgan fingerprint density at radius 2 is 2.00 bits per heavy atom. The van der Waals surface area contributed by atoms with Crippen LogP contribution in [-0.2, 0) is 17.9 Å². The van der Waals surface area contributed by atoms with Gasteiger partial charge in [0.05, 0.1) is 36.2 Å². The van der Waals surface area contributed by atoms with Crippen LogP contribution in [0.2, 0.25) is 0 Å². The quantitative estimate of drug-likeness (QED) is 0.762. The summed E-state index contributed by atoms with van der Waals surface area (Å²) in [7, 11) is 0. The number of aryl methyl sites for hydroxylation is 1. The van der Waals surface area contributed by atoms with Crippen molar-refractivity contribution in [1.82, 2.24) is 14.3 Å². The minimum absolute atomic E-state index is 0.00145. The third-order valence-electron chi connectivity index (χ3n) is 3.76. The molecule has 6 heteroatoms. The van der Waals surface area contributed by atoms with Crippen LogP contribution in [0.5, 0.6) is 0 Å². The van der Waals surface area contributed by atoms with E-state index in [9.17, 15) is 0 Å². The number of hydrogen-bond donors (Lipinski definition) is 0. The van der Waals surface area contributed by atoms with Gasteiger partial charge < -0.3 is 4.74 Å². The molecule has 1 aromatic carbocycles. The van der Waals surface area contributed by atoms with E-state index in [2.05, 4.69) is 38.3 Å². The van der Waals surface area contributed by atoms with E-state index in [4.69, 9.17) is 4.74 Å². The molecule has 0 saturated carbocycles. The van der Waals surface area contributed by atoms with Crippen molar-refractivity contribution in [2.24, 2.45) is 4.99 Å². The van der Waals surface area contributed by atoms with E-state index in [0.717, 1.165) is 11.4 Å². The fourth-order valence-corrected chi connectivity index (χ4v) is 3.25. The summed E-state index contributed by atoms with van der Waals surface area (Å²) < 4.78 is 8.19. The lowest BCUT2D eigenvalue weighted by Gasteiger charge is -2.26.